The fraction of sp³-hybridized carbons (Fsp3) is 0.231. The molecule has 0 saturated heterocycles. The Labute approximate surface area is 213 Å². The summed E-state index contributed by atoms with van der Waals surface area (Å²) in [6.45, 7) is 3.60. The Morgan fingerprint density at radius 1 is 1.05 bits per heavy atom. The first-order chi connectivity index (χ1) is 17.9. The molecule has 0 fully saturated rings. The highest BCUT2D eigenvalue weighted by Crippen LogP contribution is 2.41. The molecule has 0 saturated carbocycles. The molecule has 0 aliphatic carbocycles. The maximum absolute atomic E-state index is 12.9. The largest absolute Gasteiger partial charge is 0.464 e. The topological polar surface area (TPSA) is 122 Å². The van der Waals surface area contributed by atoms with Crippen LogP contribution in [0.2, 0.25) is 0 Å². The van der Waals surface area contributed by atoms with E-state index >= 15 is 0 Å². The van der Waals surface area contributed by atoms with E-state index in [0.717, 1.165) is 27.7 Å². The van der Waals surface area contributed by atoms with Crippen LogP contribution in [0.1, 0.15) is 23.7 Å². The van der Waals surface area contributed by atoms with Crippen LogP contribution in [0.5, 0.6) is 0 Å². The van der Waals surface area contributed by atoms with Gasteiger partial charge in [-0.25, -0.2) is 19.4 Å². The van der Waals surface area contributed by atoms with Crippen molar-refractivity contribution in [2.24, 2.45) is 0 Å². The molecule has 2 aromatic carbocycles. The first kappa shape index (κ1) is 24.7. The third-order valence-corrected chi connectivity index (χ3v) is 7.66. The lowest BCUT2D eigenvalue weighted by atomic mass is 10.1. The standard InChI is InChI=1S/C26H25N6O4P/c1-3-35-24(33)17-36-37(2,34)22-9-6-18(7-10-22)14-21-15-28-25-26(29-21)32(31-30-25)16-19-8-11-23-20(13-19)5-4-12-27-23/h4-13,15H,3,14,16-17H2,1-2H3. The Hall–Kier alpha value is -4.01. The van der Waals surface area contributed by atoms with E-state index in [1.807, 2.05) is 36.4 Å². The van der Waals surface area contributed by atoms with Gasteiger partial charge >= 0.3 is 5.97 Å². The summed E-state index contributed by atoms with van der Waals surface area (Å²) in [6, 6.07) is 17.2. The van der Waals surface area contributed by atoms with Crippen molar-refractivity contribution in [3.63, 3.8) is 0 Å². The number of benzene rings is 2. The normalized spacial score (nSPS) is 13.0. The van der Waals surface area contributed by atoms with E-state index in [1.54, 1.807) is 36.1 Å². The summed E-state index contributed by atoms with van der Waals surface area (Å²) in [6.07, 6.45) is 3.98. The highest BCUT2D eigenvalue weighted by Gasteiger charge is 2.21. The van der Waals surface area contributed by atoms with Gasteiger partial charge in [0.25, 0.3) is 0 Å². The molecule has 5 rings (SSSR count). The molecule has 1 unspecified atom stereocenters. The summed E-state index contributed by atoms with van der Waals surface area (Å²) in [7, 11) is -3.16. The molecule has 0 amide bonds. The van der Waals surface area contributed by atoms with Crippen LogP contribution in [0.25, 0.3) is 22.2 Å². The zero-order valence-corrected chi connectivity index (χ0v) is 21.3. The van der Waals surface area contributed by atoms with Gasteiger partial charge in [-0.3, -0.25) is 9.55 Å². The number of ether oxygens (including phenoxy) is 1. The summed E-state index contributed by atoms with van der Waals surface area (Å²) in [5.41, 5.74) is 4.80. The fourth-order valence-electron chi connectivity index (χ4n) is 3.93. The molecule has 0 spiro atoms. The Bertz CT molecular complexity index is 1620. The van der Waals surface area contributed by atoms with Crippen molar-refractivity contribution in [2.45, 2.75) is 19.9 Å². The molecular formula is C26H25N6O4P. The van der Waals surface area contributed by atoms with Gasteiger partial charge in [0.15, 0.2) is 12.3 Å². The average Bonchev–Trinajstić information content (AvgIpc) is 3.30. The van der Waals surface area contributed by atoms with E-state index in [1.165, 1.54) is 6.66 Å². The zero-order chi connectivity index (χ0) is 25.8. The second-order valence-corrected chi connectivity index (χ2v) is 11.0. The van der Waals surface area contributed by atoms with Gasteiger partial charge in [0, 0.05) is 30.0 Å². The van der Waals surface area contributed by atoms with E-state index in [0.29, 0.717) is 29.6 Å². The van der Waals surface area contributed by atoms with Crippen LogP contribution >= 0.6 is 7.37 Å². The first-order valence-corrected chi connectivity index (χ1v) is 13.8. The Kier molecular flexibility index (Phi) is 7.03. The number of carbonyl (C=O) groups is 1. The number of nitrogens with zero attached hydrogens (tertiary/aromatic N) is 6. The number of esters is 1. The highest BCUT2D eigenvalue weighted by molar-refractivity contribution is 7.66. The van der Waals surface area contributed by atoms with Crippen LogP contribution in [0, 0.1) is 0 Å². The second kappa shape index (κ2) is 10.5. The average molecular weight is 516 g/mol. The predicted octanol–water partition coefficient (Wildman–Crippen LogP) is 3.52. The molecule has 188 valence electrons. The van der Waals surface area contributed by atoms with Crippen molar-refractivity contribution in [1.29, 1.82) is 0 Å². The number of rotatable bonds is 9. The molecule has 3 aromatic heterocycles. The van der Waals surface area contributed by atoms with Crippen molar-refractivity contribution in [3.8, 4) is 0 Å². The summed E-state index contributed by atoms with van der Waals surface area (Å²) in [5.74, 6) is -0.540. The van der Waals surface area contributed by atoms with Gasteiger partial charge in [-0.1, -0.05) is 29.5 Å². The molecule has 10 nitrogen and oxygen atoms in total. The minimum absolute atomic E-state index is 0.248. The van der Waals surface area contributed by atoms with Crippen molar-refractivity contribution < 1.29 is 18.6 Å². The summed E-state index contributed by atoms with van der Waals surface area (Å²) < 4.78 is 24.8. The van der Waals surface area contributed by atoms with Gasteiger partial charge in [0.2, 0.25) is 13.0 Å². The van der Waals surface area contributed by atoms with Crippen molar-refractivity contribution in [1.82, 2.24) is 29.9 Å². The Morgan fingerprint density at radius 2 is 1.86 bits per heavy atom. The first-order valence-electron chi connectivity index (χ1n) is 11.8. The van der Waals surface area contributed by atoms with Crippen LogP contribution in [0.3, 0.4) is 0 Å². The quantitative estimate of drug-likeness (QED) is 0.214. The van der Waals surface area contributed by atoms with Crippen LogP contribution in [0.15, 0.2) is 67.0 Å². The monoisotopic (exact) mass is 516 g/mol. The number of carbonyl (C=O) groups excluding carboxylic acids is 1. The van der Waals surface area contributed by atoms with Gasteiger partial charge < -0.3 is 9.26 Å². The Balaban J connectivity index is 1.30. The third-order valence-electron chi connectivity index (χ3n) is 5.80. The number of aromatic nitrogens is 6. The Morgan fingerprint density at radius 3 is 2.68 bits per heavy atom. The van der Waals surface area contributed by atoms with Crippen molar-refractivity contribution >= 4 is 40.8 Å². The van der Waals surface area contributed by atoms with Crippen molar-refractivity contribution in [3.05, 3.63) is 83.8 Å². The smallest absolute Gasteiger partial charge is 0.332 e. The van der Waals surface area contributed by atoms with Gasteiger partial charge in [-0.15, -0.1) is 5.10 Å². The van der Waals surface area contributed by atoms with E-state index in [9.17, 15) is 9.36 Å². The van der Waals surface area contributed by atoms with E-state index in [4.69, 9.17) is 14.2 Å². The van der Waals surface area contributed by atoms with Gasteiger partial charge in [-0.05, 0) is 48.4 Å². The molecule has 0 bridgehead atoms. The minimum atomic E-state index is -3.16. The number of fused-ring (bicyclic) bond motifs is 2. The molecule has 0 aliphatic rings. The molecule has 37 heavy (non-hydrogen) atoms. The lowest BCUT2D eigenvalue weighted by molar-refractivity contribution is -0.145. The molecular weight excluding hydrogens is 491 g/mol. The molecule has 11 heteroatoms. The zero-order valence-electron chi connectivity index (χ0n) is 20.4. The second-order valence-electron chi connectivity index (χ2n) is 8.55. The van der Waals surface area contributed by atoms with Crippen LogP contribution in [-0.4, -0.2) is 55.8 Å². The lowest BCUT2D eigenvalue weighted by Gasteiger charge is -2.14. The summed E-state index contributed by atoms with van der Waals surface area (Å²) >= 11 is 0. The van der Waals surface area contributed by atoms with Gasteiger partial charge in [-0.2, -0.15) is 0 Å². The van der Waals surface area contributed by atoms with Crippen LogP contribution in [-0.2, 0) is 31.6 Å². The minimum Gasteiger partial charge on any atom is -0.464 e. The molecule has 0 radical (unpaired) electrons. The van der Waals surface area contributed by atoms with Gasteiger partial charge in [0.05, 0.1) is 30.6 Å². The fourth-order valence-corrected chi connectivity index (χ4v) is 5.12. The number of hydrogen-bond donors (Lipinski definition) is 0. The number of hydrogen-bond acceptors (Lipinski definition) is 9. The molecule has 3 heterocycles. The summed E-state index contributed by atoms with van der Waals surface area (Å²) in [5, 5.41) is 9.98. The van der Waals surface area contributed by atoms with Crippen molar-refractivity contribution in [2.75, 3.05) is 19.9 Å². The van der Waals surface area contributed by atoms with Crippen LogP contribution in [0.4, 0.5) is 0 Å². The maximum atomic E-state index is 12.9. The highest BCUT2D eigenvalue weighted by atomic mass is 31.2. The van der Waals surface area contributed by atoms with Gasteiger partial charge in [0.1, 0.15) is 0 Å². The molecule has 0 aliphatic heterocycles. The van der Waals surface area contributed by atoms with E-state index in [2.05, 4.69) is 26.3 Å². The molecule has 0 N–H and O–H groups in total. The third kappa shape index (κ3) is 5.71. The molecule has 1 atom stereocenters. The van der Waals surface area contributed by atoms with Crippen LogP contribution < -0.4 is 5.30 Å². The van der Waals surface area contributed by atoms with E-state index in [-0.39, 0.29) is 13.2 Å². The lowest BCUT2D eigenvalue weighted by Crippen LogP contribution is -2.15. The summed E-state index contributed by atoms with van der Waals surface area (Å²) in [4.78, 5) is 25.1. The molecule has 5 aromatic rings. The SMILES string of the molecule is CCOC(=O)COP(C)(=O)c1ccc(Cc2cnc3nnn(Cc4ccc5ncccc5c4)c3n2)cc1. The predicted molar refractivity (Wildman–Crippen MR) is 139 cm³/mol. The maximum Gasteiger partial charge on any atom is 0.332 e. The van der Waals surface area contributed by atoms with E-state index < -0.39 is 13.3 Å². The number of pyridine rings is 1.